The van der Waals surface area contributed by atoms with Crippen molar-refractivity contribution in [1.82, 2.24) is 36.6 Å². The van der Waals surface area contributed by atoms with E-state index in [2.05, 4.69) is 36.6 Å². The summed E-state index contributed by atoms with van der Waals surface area (Å²) >= 11 is 0. The normalized spacial score (nSPS) is 15.0. The molecule has 186 valence electrons. The van der Waals surface area contributed by atoms with E-state index in [0.717, 1.165) is 11.1 Å². The molecule has 36 heavy (non-hydrogen) atoms. The molecule has 0 fully saturated rings. The molecule has 1 unspecified atom stereocenters. The molecule has 0 bridgehead atoms. The summed E-state index contributed by atoms with van der Waals surface area (Å²) in [5.74, 6) is -1.32. The first-order valence-electron chi connectivity index (χ1n) is 11.4. The molecular formula is C24H26N8O4. The maximum absolute atomic E-state index is 13.2. The minimum Gasteiger partial charge on any atom is -0.347 e. The molecule has 0 saturated heterocycles. The zero-order valence-electron chi connectivity index (χ0n) is 19.6. The lowest BCUT2D eigenvalue weighted by Gasteiger charge is -2.25. The average molecular weight is 491 g/mol. The highest BCUT2D eigenvalue weighted by Gasteiger charge is 2.38. The van der Waals surface area contributed by atoms with Crippen molar-refractivity contribution in [3.63, 3.8) is 0 Å². The van der Waals surface area contributed by atoms with Crippen molar-refractivity contribution < 1.29 is 19.2 Å². The van der Waals surface area contributed by atoms with Crippen LogP contribution < -0.4 is 20.9 Å². The molecule has 2 aromatic carbocycles. The van der Waals surface area contributed by atoms with E-state index in [9.17, 15) is 19.2 Å². The second kappa shape index (κ2) is 11.2. The second-order valence-corrected chi connectivity index (χ2v) is 8.33. The highest BCUT2D eigenvalue weighted by molar-refractivity contribution is 6.05. The molecule has 0 radical (unpaired) electrons. The Kier molecular flexibility index (Phi) is 7.63. The lowest BCUT2D eigenvalue weighted by Crippen LogP contribution is -2.52. The molecule has 2 atom stereocenters. The van der Waals surface area contributed by atoms with Crippen molar-refractivity contribution in [1.29, 1.82) is 0 Å². The monoisotopic (exact) mass is 490 g/mol. The summed E-state index contributed by atoms with van der Waals surface area (Å²) in [5, 5.41) is 21.3. The number of rotatable bonds is 9. The Morgan fingerprint density at radius 2 is 1.81 bits per heavy atom. The summed E-state index contributed by atoms with van der Waals surface area (Å²) in [6.45, 7) is 1.27. The molecule has 1 aliphatic rings. The number of benzene rings is 2. The molecule has 3 aromatic rings. The van der Waals surface area contributed by atoms with Crippen molar-refractivity contribution in [2.24, 2.45) is 0 Å². The minimum atomic E-state index is -0.839. The van der Waals surface area contributed by atoms with Gasteiger partial charge in [0.25, 0.3) is 0 Å². The van der Waals surface area contributed by atoms with E-state index < -0.39 is 23.9 Å². The fourth-order valence-corrected chi connectivity index (χ4v) is 3.99. The van der Waals surface area contributed by atoms with Crippen LogP contribution in [0.1, 0.15) is 23.9 Å². The maximum atomic E-state index is 13.2. The van der Waals surface area contributed by atoms with Crippen LogP contribution in [0.15, 0.2) is 54.6 Å². The number of aromatic nitrogens is 4. The molecule has 12 heteroatoms. The van der Waals surface area contributed by atoms with Gasteiger partial charge in [-0.05, 0) is 24.1 Å². The number of tetrazole rings is 1. The number of hydrogen-bond acceptors (Lipinski definition) is 7. The number of carbonyl (C=O) groups excluding carboxylic acids is 4. The standard InChI is InChI=1S/C24H26N8O4/c1-15(27-21(33)11-16-7-3-2-4-8-16)23(35)26-14-22(34)32-18-10-6-5-9-17(18)12-19(32)24(36)25-13-20-28-30-31-29-20/h2-10,15,19H,11-14H2,1H3,(H,25,36)(H,26,35)(H,27,33)(H,28,29,30,31)/t15?,19-/m0/s1. The number of carbonyl (C=O) groups is 4. The number of nitrogens with zero attached hydrogens (tertiary/aromatic N) is 4. The van der Waals surface area contributed by atoms with Gasteiger partial charge < -0.3 is 16.0 Å². The Labute approximate surface area is 206 Å². The summed E-state index contributed by atoms with van der Waals surface area (Å²) in [6.07, 6.45) is 0.475. The predicted octanol–water partition coefficient (Wildman–Crippen LogP) is -0.363. The third-order valence-corrected chi connectivity index (χ3v) is 5.75. The van der Waals surface area contributed by atoms with Gasteiger partial charge in [0.2, 0.25) is 23.6 Å². The minimum absolute atomic E-state index is 0.0567. The Bertz CT molecular complexity index is 1230. The largest absolute Gasteiger partial charge is 0.347 e. The van der Waals surface area contributed by atoms with Gasteiger partial charge in [0.05, 0.1) is 19.5 Å². The number of aromatic amines is 1. The van der Waals surface area contributed by atoms with Gasteiger partial charge in [-0.1, -0.05) is 53.7 Å². The van der Waals surface area contributed by atoms with Crippen LogP contribution in [0.25, 0.3) is 0 Å². The van der Waals surface area contributed by atoms with Crippen LogP contribution in [-0.4, -0.2) is 62.9 Å². The van der Waals surface area contributed by atoms with Gasteiger partial charge >= 0.3 is 0 Å². The van der Waals surface area contributed by atoms with Gasteiger partial charge in [-0.2, -0.15) is 5.21 Å². The number of para-hydroxylation sites is 1. The summed E-state index contributed by atoms with van der Waals surface area (Å²) in [6, 6.07) is 14.8. The van der Waals surface area contributed by atoms with Gasteiger partial charge in [-0.25, -0.2) is 0 Å². The third-order valence-electron chi connectivity index (χ3n) is 5.75. The predicted molar refractivity (Wildman–Crippen MR) is 128 cm³/mol. The molecule has 4 rings (SSSR count). The first-order valence-corrected chi connectivity index (χ1v) is 11.4. The fraction of sp³-hybridized carbons (Fsp3) is 0.292. The quantitative estimate of drug-likeness (QED) is 0.318. The summed E-state index contributed by atoms with van der Waals surface area (Å²) in [7, 11) is 0. The Morgan fingerprint density at radius 3 is 2.56 bits per heavy atom. The molecule has 1 aliphatic heterocycles. The highest BCUT2D eigenvalue weighted by Crippen LogP contribution is 2.32. The first kappa shape index (κ1) is 24.5. The lowest BCUT2D eigenvalue weighted by atomic mass is 10.1. The van der Waals surface area contributed by atoms with Gasteiger partial charge in [0, 0.05) is 12.1 Å². The summed E-state index contributed by atoms with van der Waals surface area (Å²) < 4.78 is 0. The number of hydrogen-bond donors (Lipinski definition) is 4. The fourth-order valence-electron chi connectivity index (χ4n) is 3.99. The molecule has 0 aliphatic carbocycles. The van der Waals surface area contributed by atoms with E-state index >= 15 is 0 Å². The van der Waals surface area contributed by atoms with Crippen molar-refractivity contribution >= 4 is 29.3 Å². The van der Waals surface area contributed by atoms with Crippen LogP contribution in [0.4, 0.5) is 5.69 Å². The maximum Gasteiger partial charge on any atom is 0.247 e. The van der Waals surface area contributed by atoms with E-state index in [0.29, 0.717) is 17.9 Å². The molecule has 4 N–H and O–H groups in total. The Morgan fingerprint density at radius 1 is 1.06 bits per heavy atom. The van der Waals surface area contributed by atoms with Gasteiger partial charge in [0.15, 0.2) is 5.82 Å². The van der Waals surface area contributed by atoms with Crippen LogP contribution in [-0.2, 0) is 38.6 Å². The zero-order valence-corrected chi connectivity index (χ0v) is 19.6. The lowest BCUT2D eigenvalue weighted by molar-refractivity contribution is -0.130. The van der Waals surface area contributed by atoms with E-state index in [1.54, 1.807) is 19.1 Å². The van der Waals surface area contributed by atoms with Crippen LogP contribution in [0.5, 0.6) is 0 Å². The van der Waals surface area contributed by atoms with Crippen LogP contribution >= 0.6 is 0 Å². The Hall–Kier alpha value is -4.61. The molecule has 1 aromatic heterocycles. The topological polar surface area (TPSA) is 162 Å². The highest BCUT2D eigenvalue weighted by atomic mass is 16.2. The second-order valence-electron chi connectivity index (χ2n) is 8.33. The van der Waals surface area contributed by atoms with Crippen molar-refractivity contribution in [2.75, 3.05) is 11.4 Å². The number of fused-ring (bicyclic) bond motifs is 1. The number of anilines is 1. The van der Waals surface area contributed by atoms with Gasteiger partial charge in [-0.3, -0.25) is 24.1 Å². The average Bonchev–Trinajstić information content (AvgIpc) is 3.54. The SMILES string of the molecule is CC(NC(=O)Cc1ccccc1)C(=O)NCC(=O)N1c2ccccc2C[C@H]1C(=O)NCc1nn[nH]n1. The van der Waals surface area contributed by atoms with Gasteiger partial charge in [0.1, 0.15) is 12.1 Å². The van der Waals surface area contributed by atoms with Crippen LogP contribution in [0.2, 0.25) is 0 Å². The molecule has 0 spiro atoms. The van der Waals surface area contributed by atoms with E-state index in [1.807, 2.05) is 42.5 Å². The van der Waals surface area contributed by atoms with E-state index in [1.165, 1.54) is 4.90 Å². The summed E-state index contributed by atoms with van der Waals surface area (Å²) in [5.41, 5.74) is 2.29. The van der Waals surface area contributed by atoms with E-state index in [-0.39, 0.29) is 31.3 Å². The van der Waals surface area contributed by atoms with E-state index in [4.69, 9.17) is 0 Å². The van der Waals surface area contributed by atoms with Crippen molar-refractivity contribution in [3.8, 4) is 0 Å². The number of amides is 4. The third kappa shape index (κ3) is 5.90. The molecular weight excluding hydrogens is 464 g/mol. The van der Waals surface area contributed by atoms with Crippen LogP contribution in [0, 0.1) is 0 Å². The van der Waals surface area contributed by atoms with Gasteiger partial charge in [-0.15, -0.1) is 10.2 Å². The molecule has 2 heterocycles. The first-order chi connectivity index (χ1) is 17.4. The van der Waals surface area contributed by atoms with Crippen molar-refractivity contribution in [2.45, 2.75) is 38.4 Å². The Balaban J connectivity index is 1.34. The zero-order chi connectivity index (χ0) is 25.5. The summed E-state index contributed by atoms with van der Waals surface area (Å²) in [4.78, 5) is 52.3. The van der Waals surface area contributed by atoms with Crippen LogP contribution in [0.3, 0.4) is 0 Å². The molecule has 0 saturated carbocycles. The molecule has 4 amide bonds. The number of nitrogens with one attached hydrogen (secondary N) is 4. The molecule has 12 nitrogen and oxygen atoms in total. The smallest absolute Gasteiger partial charge is 0.247 e. The number of H-pyrrole nitrogens is 1. The van der Waals surface area contributed by atoms with Crippen molar-refractivity contribution in [3.05, 3.63) is 71.5 Å².